The van der Waals surface area contributed by atoms with Gasteiger partial charge in [0, 0.05) is 12.7 Å². The molecule has 2 N–H and O–H groups in total. The van der Waals surface area contributed by atoms with Gasteiger partial charge in [-0.3, -0.25) is 4.79 Å². The number of nitrogens with zero attached hydrogens (tertiary/aromatic N) is 2. The molecule has 1 aromatic rings. The highest BCUT2D eigenvalue weighted by atomic mass is 16.4. The van der Waals surface area contributed by atoms with Crippen LogP contribution >= 0.6 is 0 Å². The van der Waals surface area contributed by atoms with E-state index in [1.807, 2.05) is 5.32 Å². The maximum Gasteiger partial charge on any atom is 0.405 e. The van der Waals surface area contributed by atoms with Crippen LogP contribution < -0.4 is 5.32 Å². The minimum Gasteiger partial charge on any atom is -0.465 e. The van der Waals surface area contributed by atoms with Crippen molar-refractivity contribution in [3.8, 4) is 0 Å². The SMILES string of the molecule is Cc1c(C(=O)CNC(=O)O)ncn1C. The summed E-state index contributed by atoms with van der Waals surface area (Å²) in [7, 11) is 1.77. The fourth-order valence-corrected chi connectivity index (χ4v) is 1.00. The first-order valence-corrected chi connectivity index (χ1v) is 4.00. The van der Waals surface area contributed by atoms with Crippen molar-refractivity contribution in [2.45, 2.75) is 6.92 Å². The number of aromatic nitrogens is 2. The fourth-order valence-electron chi connectivity index (χ4n) is 1.00. The highest BCUT2D eigenvalue weighted by Crippen LogP contribution is 2.04. The first-order chi connectivity index (χ1) is 6.52. The van der Waals surface area contributed by atoms with Gasteiger partial charge in [0.1, 0.15) is 5.69 Å². The Morgan fingerprint density at radius 2 is 2.29 bits per heavy atom. The number of carboxylic acid groups (broad SMARTS) is 1. The molecule has 14 heavy (non-hydrogen) atoms. The van der Waals surface area contributed by atoms with Crippen molar-refractivity contribution in [2.75, 3.05) is 6.54 Å². The average Bonchev–Trinajstić information content (AvgIpc) is 2.44. The Labute approximate surface area is 80.6 Å². The summed E-state index contributed by atoms with van der Waals surface area (Å²) in [6.45, 7) is 1.51. The van der Waals surface area contributed by atoms with Gasteiger partial charge in [-0.05, 0) is 6.92 Å². The van der Waals surface area contributed by atoms with Crippen molar-refractivity contribution < 1.29 is 14.7 Å². The Morgan fingerprint density at radius 1 is 1.64 bits per heavy atom. The number of amides is 1. The molecule has 1 amide bonds. The molecule has 0 unspecified atom stereocenters. The van der Waals surface area contributed by atoms with E-state index in [2.05, 4.69) is 4.98 Å². The van der Waals surface area contributed by atoms with Gasteiger partial charge in [-0.15, -0.1) is 0 Å². The normalized spacial score (nSPS) is 9.86. The van der Waals surface area contributed by atoms with E-state index >= 15 is 0 Å². The first kappa shape index (κ1) is 10.2. The van der Waals surface area contributed by atoms with E-state index in [1.54, 1.807) is 18.5 Å². The van der Waals surface area contributed by atoms with Gasteiger partial charge in [-0.25, -0.2) is 9.78 Å². The van der Waals surface area contributed by atoms with Crippen LogP contribution in [0.3, 0.4) is 0 Å². The monoisotopic (exact) mass is 197 g/mol. The van der Waals surface area contributed by atoms with Crippen molar-refractivity contribution in [2.24, 2.45) is 7.05 Å². The molecule has 0 fully saturated rings. The molecular weight excluding hydrogens is 186 g/mol. The molecule has 6 nitrogen and oxygen atoms in total. The number of hydrogen-bond donors (Lipinski definition) is 2. The summed E-state index contributed by atoms with van der Waals surface area (Å²) < 4.78 is 1.70. The van der Waals surface area contributed by atoms with Crippen LogP contribution in [-0.2, 0) is 7.05 Å². The van der Waals surface area contributed by atoms with E-state index in [1.165, 1.54) is 6.33 Å². The Hall–Kier alpha value is -1.85. The van der Waals surface area contributed by atoms with Gasteiger partial charge >= 0.3 is 6.09 Å². The number of rotatable bonds is 3. The molecule has 76 valence electrons. The van der Waals surface area contributed by atoms with E-state index in [0.717, 1.165) is 5.69 Å². The lowest BCUT2D eigenvalue weighted by Crippen LogP contribution is -2.28. The molecule has 0 aliphatic rings. The lowest BCUT2D eigenvalue weighted by atomic mass is 10.2. The fraction of sp³-hybridized carbons (Fsp3) is 0.375. The van der Waals surface area contributed by atoms with Crippen LogP contribution in [0.25, 0.3) is 0 Å². The van der Waals surface area contributed by atoms with E-state index < -0.39 is 6.09 Å². The average molecular weight is 197 g/mol. The topological polar surface area (TPSA) is 84.2 Å². The van der Waals surface area contributed by atoms with Crippen LogP contribution in [0.15, 0.2) is 6.33 Å². The molecule has 0 saturated carbocycles. The predicted molar refractivity (Wildman–Crippen MR) is 48.3 cm³/mol. The lowest BCUT2D eigenvalue weighted by molar-refractivity contribution is 0.0982. The Kier molecular flexibility index (Phi) is 2.85. The molecule has 0 spiro atoms. The van der Waals surface area contributed by atoms with Gasteiger partial charge in [-0.2, -0.15) is 0 Å². The molecule has 1 rings (SSSR count). The summed E-state index contributed by atoms with van der Waals surface area (Å²) in [4.78, 5) is 25.4. The van der Waals surface area contributed by atoms with Crippen molar-refractivity contribution >= 4 is 11.9 Å². The Bertz CT molecular complexity index is 370. The zero-order valence-corrected chi connectivity index (χ0v) is 7.94. The zero-order chi connectivity index (χ0) is 10.7. The number of ketones is 1. The highest BCUT2D eigenvalue weighted by molar-refractivity contribution is 5.98. The smallest absolute Gasteiger partial charge is 0.405 e. The molecule has 0 radical (unpaired) electrons. The number of carbonyl (C=O) groups is 2. The van der Waals surface area contributed by atoms with Crippen molar-refractivity contribution in [3.63, 3.8) is 0 Å². The van der Waals surface area contributed by atoms with Gasteiger partial charge in [0.05, 0.1) is 12.9 Å². The third-order valence-corrected chi connectivity index (χ3v) is 1.90. The first-order valence-electron chi connectivity index (χ1n) is 4.00. The molecule has 1 heterocycles. The van der Waals surface area contributed by atoms with Crippen molar-refractivity contribution in [1.82, 2.24) is 14.9 Å². The van der Waals surface area contributed by atoms with Crippen molar-refractivity contribution in [1.29, 1.82) is 0 Å². The van der Waals surface area contributed by atoms with Gasteiger partial charge in [0.2, 0.25) is 5.78 Å². The Morgan fingerprint density at radius 3 is 2.71 bits per heavy atom. The van der Waals surface area contributed by atoms with Crippen LogP contribution in [0.1, 0.15) is 16.2 Å². The summed E-state index contributed by atoms with van der Waals surface area (Å²) >= 11 is 0. The largest absolute Gasteiger partial charge is 0.465 e. The Balaban J connectivity index is 2.70. The summed E-state index contributed by atoms with van der Waals surface area (Å²) in [5.74, 6) is -0.328. The second-order valence-electron chi connectivity index (χ2n) is 2.87. The summed E-state index contributed by atoms with van der Waals surface area (Å²) in [6, 6.07) is 0. The number of nitrogens with one attached hydrogen (secondary N) is 1. The second kappa shape index (κ2) is 3.91. The van der Waals surface area contributed by atoms with E-state index in [-0.39, 0.29) is 12.3 Å². The quantitative estimate of drug-likeness (QED) is 0.677. The number of carbonyl (C=O) groups excluding carboxylic acids is 1. The molecule has 0 atom stereocenters. The van der Waals surface area contributed by atoms with E-state index in [4.69, 9.17) is 5.11 Å². The number of imidazole rings is 1. The third-order valence-electron chi connectivity index (χ3n) is 1.90. The van der Waals surface area contributed by atoms with Gasteiger partial charge in [0.25, 0.3) is 0 Å². The zero-order valence-electron chi connectivity index (χ0n) is 7.94. The molecule has 1 aromatic heterocycles. The maximum absolute atomic E-state index is 11.4. The summed E-state index contributed by atoms with van der Waals surface area (Å²) in [6.07, 6.45) is 0.301. The standard InChI is InChI=1S/C8H11N3O3/c1-5-7(10-4-11(5)2)6(12)3-9-8(13)14/h4,9H,3H2,1-2H3,(H,13,14). The highest BCUT2D eigenvalue weighted by Gasteiger charge is 2.13. The minimum atomic E-state index is -1.22. The number of Topliss-reactive ketones (excluding diaryl/α,β-unsaturated/α-hetero) is 1. The van der Waals surface area contributed by atoms with Crippen LogP contribution in [0.2, 0.25) is 0 Å². The summed E-state index contributed by atoms with van der Waals surface area (Å²) in [5.41, 5.74) is 1.03. The maximum atomic E-state index is 11.4. The molecule has 0 aliphatic carbocycles. The summed E-state index contributed by atoms with van der Waals surface area (Å²) in [5, 5.41) is 10.3. The van der Waals surface area contributed by atoms with E-state index in [9.17, 15) is 9.59 Å². The third kappa shape index (κ3) is 2.09. The van der Waals surface area contributed by atoms with Crippen LogP contribution in [-0.4, -0.2) is 33.1 Å². The van der Waals surface area contributed by atoms with Crippen LogP contribution in [0.5, 0.6) is 0 Å². The van der Waals surface area contributed by atoms with Crippen LogP contribution in [0, 0.1) is 6.92 Å². The molecule has 0 bridgehead atoms. The molecule has 6 heteroatoms. The molecule has 0 aliphatic heterocycles. The number of aryl methyl sites for hydroxylation is 1. The lowest BCUT2D eigenvalue weighted by Gasteiger charge is -1.99. The van der Waals surface area contributed by atoms with Crippen LogP contribution in [0.4, 0.5) is 4.79 Å². The molecule has 0 saturated heterocycles. The minimum absolute atomic E-state index is 0.243. The molecular formula is C8H11N3O3. The van der Waals surface area contributed by atoms with Crippen molar-refractivity contribution in [3.05, 3.63) is 17.7 Å². The second-order valence-corrected chi connectivity index (χ2v) is 2.87. The van der Waals surface area contributed by atoms with Gasteiger partial charge in [0.15, 0.2) is 0 Å². The van der Waals surface area contributed by atoms with Gasteiger partial charge < -0.3 is 15.0 Å². The molecule has 0 aromatic carbocycles. The van der Waals surface area contributed by atoms with Gasteiger partial charge in [-0.1, -0.05) is 0 Å². The number of hydrogen-bond acceptors (Lipinski definition) is 3. The van der Waals surface area contributed by atoms with E-state index in [0.29, 0.717) is 5.69 Å². The predicted octanol–water partition coefficient (Wildman–Crippen LogP) is 0.179.